The first-order valence-corrected chi connectivity index (χ1v) is 9.30. The number of hydrogen-bond donors (Lipinski definition) is 0. The highest BCUT2D eigenvalue weighted by atomic mass is 35.5. The second-order valence-electron chi connectivity index (χ2n) is 7.02. The zero-order chi connectivity index (χ0) is 18.1. The minimum absolute atomic E-state index is 0.122. The van der Waals surface area contributed by atoms with E-state index in [0.29, 0.717) is 24.4 Å². The lowest BCUT2D eigenvalue weighted by molar-refractivity contribution is -0.118. The normalized spacial score (nSPS) is 22.3. The molecule has 0 amide bonds. The van der Waals surface area contributed by atoms with Crippen LogP contribution in [-0.4, -0.2) is 27.0 Å². The summed E-state index contributed by atoms with van der Waals surface area (Å²) in [6.07, 6.45) is 3.87. The van der Waals surface area contributed by atoms with Crippen LogP contribution in [0.25, 0.3) is 11.0 Å². The Morgan fingerprint density at radius 2 is 2.00 bits per heavy atom. The molecule has 0 spiro atoms. The quantitative estimate of drug-likeness (QED) is 0.624. The van der Waals surface area contributed by atoms with Crippen molar-refractivity contribution in [1.82, 2.24) is 14.8 Å². The van der Waals surface area contributed by atoms with Crippen molar-refractivity contribution >= 4 is 22.6 Å². The summed E-state index contributed by atoms with van der Waals surface area (Å²) in [6, 6.07) is 12.4. The van der Waals surface area contributed by atoms with Crippen LogP contribution in [0.2, 0.25) is 5.15 Å². The number of fused-ring (bicyclic) bond motifs is 1. The van der Waals surface area contributed by atoms with Crippen LogP contribution in [0.5, 0.6) is 5.75 Å². The highest BCUT2D eigenvalue weighted by Crippen LogP contribution is 2.46. The van der Waals surface area contributed by atoms with Crippen LogP contribution in [0.4, 0.5) is 0 Å². The van der Waals surface area contributed by atoms with E-state index in [1.54, 1.807) is 0 Å². The van der Waals surface area contributed by atoms with E-state index >= 15 is 0 Å². The SMILES string of the molecule is CCOc1cn(C2CC(C)(OCc3ccccc3)C2)c2nnc(Cl)cc12. The Balaban J connectivity index is 1.49. The number of ether oxygens (including phenoxy) is 2. The van der Waals surface area contributed by atoms with Gasteiger partial charge in [0.25, 0.3) is 0 Å². The number of hydrogen-bond acceptors (Lipinski definition) is 4. The molecule has 5 nitrogen and oxygen atoms in total. The van der Waals surface area contributed by atoms with Gasteiger partial charge in [0.2, 0.25) is 0 Å². The summed E-state index contributed by atoms with van der Waals surface area (Å²) in [5.74, 6) is 0.804. The number of aromatic nitrogens is 3. The summed E-state index contributed by atoms with van der Waals surface area (Å²) >= 11 is 6.01. The van der Waals surface area contributed by atoms with Gasteiger partial charge in [-0.2, -0.15) is 0 Å². The third-order valence-electron chi connectivity index (χ3n) is 4.97. The average Bonchev–Trinajstić information content (AvgIpc) is 2.96. The lowest BCUT2D eigenvalue weighted by Crippen LogP contribution is -2.44. The Morgan fingerprint density at radius 3 is 2.73 bits per heavy atom. The Hall–Kier alpha value is -2.11. The van der Waals surface area contributed by atoms with E-state index in [2.05, 4.69) is 33.8 Å². The van der Waals surface area contributed by atoms with E-state index in [9.17, 15) is 0 Å². The van der Waals surface area contributed by atoms with Crippen molar-refractivity contribution in [2.45, 2.75) is 44.9 Å². The third-order valence-corrected chi connectivity index (χ3v) is 5.15. The molecule has 0 aliphatic heterocycles. The molecule has 2 aromatic heterocycles. The first-order chi connectivity index (χ1) is 12.6. The molecule has 1 aliphatic carbocycles. The van der Waals surface area contributed by atoms with Gasteiger partial charge >= 0.3 is 0 Å². The van der Waals surface area contributed by atoms with Gasteiger partial charge in [-0.1, -0.05) is 41.9 Å². The van der Waals surface area contributed by atoms with E-state index in [1.165, 1.54) is 5.56 Å². The van der Waals surface area contributed by atoms with Gasteiger partial charge in [-0.05, 0) is 38.3 Å². The largest absolute Gasteiger partial charge is 0.492 e. The van der Waals surface area contributed by atoms with Gasteiger partial charge in [-0.3, -0.25) is 0 Å². The molecule has 0 N–H and O–H groups in total. The van der Waals surface area contributed by atoms with Crippen molar-refractivity contribution in [2.24, 2.45) is 0 Å². The van der Waals surface area contributed by atoms with E-state index in [4.69, 9.17) is 21.1 Å². The third kappa shape index (κ3) is 3.29. The predicted molar refractivity (Wildman–Crippen MR) is 102 cm³/mol. The molecule has 136 valence electrons. The van der Waals surface area contributed by atoms with Crippen LogP contribution in [0.3, 0.4) is 0 Å². The Kier molecular flexibility index (Phi) is 4.59. The van der Waals surface area contributed by atoms with E-state index in [-0.39, 0.29) is 5.60 Å². The minimum Gasteiger partial charge on any atom is -0.492 e. The molecule has 6 heteroatoms. The summed E-state index contributed by atoms with van der Waals surface area (Å²) in [5.41, 5.74) is 1.89. The Morgan fingerprint density at radius 1 is 1.23 bits per heavy atom. The second kappa shape index (κ2) is 6.89. The molecule has 0 radical (unpaired) electrons. The molecule has 1 fully saturated rings. The first kappa shape index (κ1) is 17.3. The number of halogens is 1. The van der Waals surface area contributed by atoms with Gasteiger partial charge in [-0.25, -0.2) is 0 Å². The maximum absolute atomic E-state index is 6.19. The number of nitrogens with zero attached hydrogens (tertiary/aromatic N) is 3. The maximum atomic E-state index is 6.19. The van der Waals surface area contributed by atoms with E-state index in [1.807, 2.05) is 37.4 Å². The van der Waals surface area contributed by atoms with Crippen molar-refractivity contribution < 1.29 is 9.47 Å². The van der Waals surface area contributed by atoms with Crippen LogP contribution < -0.4 is 4.74 Å². The van der Waals surface area contributed by atoms with Gasteiger partial charge in [0.15, 0.2) is 10.8 Å². The van der Waals surface area contributed by atoms with Crippen LogP contribution in [0.15, 0.2) is 42.6 Å². The maximum Gasteiger partial charge on any atom is 0.166 e. The van der Waals surface area contributed by atoms with Crippen LogP contribution in [-0.2, 0) is 11.3 Å². The fourth-order valence-electron chi connectivity index (χ4n) is 3.62. The topological polar surface area (TPSA) is 49.2 Å². The monoisotopic (exact) mass is 371 g/mol. The predicted octanol–water partition coefficient (Wildman–Crippen LogP) is 4.79. The summed E-state index contributed by atoms with van der Waals surface area (Å²) in [4.78, 5) is 0. The van der Waals surface area contributed by atoms with Crippen LogP contribution >= 0.6 is 11.6 Å². The smallest absolute Gasteiger partial charge is 0.166 e. The minimum atomic E-state index is -0.122. The van der Waals surface area contributed by atoms with Crippen LogP contribution in [0, 0.1) is 0 Å². The van der Waals surface area contributed by atoms with Gasteiger partial charge in [-0.15, -0.1) is 10.2 Å². The highest BCUT2D eigenvalue weighted by Gasteiger charge is 2.43. The van der Waals surface area contributed by atoms with Crippen molar-refractivity contribution in [2.75, 3.05) is 6.61 Å². The molecule has 1 aromatic carbocycles. The second-order valence-corrected chi connectivity index (χ2v) is 7.41. The van der Waals surface area contributed by atoms with Gasteiger partial charge in [0.05, 0.1) is 24.2 Å². The van der Waals surface area contributed by atoms with E-state index < -0.39 is 0 Å². The lowest BCUT2D eigenvalue weighted by atomic mass is 9.76. The lowest BCUT2D eigenvalue weighted by Gasteiger charge is -2.45. The van der Waals surface area contributed by atoms with Gasteiger partial charge in [0, 0.05) is 12.2 Å². The summed E-state index contributed by atoms with van der Waals surface area (Å²) < 4.78 is 14.1. The molecule has 4 rings (SSSR count). The molecule has 1 aliphatic rings. The molecular formula is C20H22ClN3O2. The summed E-state index contributed by atoms with van der Waals surface area (Å²) in [7, 11) is 0. The molecule has 0 bridgehead atoms. The number of rotatable bonds is 6. The fraction of sp³-hybridized carbons (Fsp3) is 0.400. The van der Waals surface area contributed by atoms with Crippen molar-refractivity contribution in [3.8, 4) is 5.75 Å². The fourth-order valence-corrected chi connectivity index (χ4v) is 3.77. The average molecular weight is 372 g/mol. The zero-order valence-corrected chi connectivity index (χ0v) is 15.7. The Bertz CT molecular complexity index is 904. The zero-order valence-electron chi connectivity index (χ0n) is 15.0. The van der Waals surface area contributed by atoms with Crippen molar-refractivity contribution in [1.29, 1.82) is 0 Å². The van der Waals surface area contributed by atoms with Crippen LogP contribution in [0.1, 0.15) is 38.3 Å². The standard InChI is InChI=1S/C20H22ClN3O2/c1-3-25-17-12-24(19-16(17)9-18(21)22-23-19)15-10-20(2,11-15)26-13-14-7-5-4-6-8-14/h4-9,12,15H,3,10-11,13H2,1-2H3. The molecule has 0 atom stereocenters. The summed E-state index contributed by atoms with van der Waals surface area (Å²) in [5, 5.41) is 9.57. The molecule has 3 aromatic rings. The van der Waals surface area contributed by atoms with E-state index in [0.717, 1.165) is 29.6 Å². The Labute approximate surface area is 157 Å². The molecule has 0 saturated heterocycles. The molecule has 1 saturated carbocycles. The molecular weight excluding hydrogens is 350 g/mol. The molecule has 0 unspecified atom stereocenters. The highest BCUT2D eigenvalue weighted by molar-refractivity contribution is 6.30. The van der Waals surface area contributed by atoms with Gasteiger partial charge < -0.3 is 14.0 Å². The van der Waals surface area contributed by atoms with Gasteiger partial charge in [0.1, 0.15) is 5.75 Å². The first-order valence-electron chi connectivity index (χ1n) is 8.92. The molecule has 26 heavy (non-hydrogen) atoms. The summed E-state index contributed by atoms with van der Waals surface area (Å²) in [6.45, 7) is 5.37. The number of benzene rings is 1. The van der Waals surface area contributed by atoms with Crippen molar-refractivity contribution in [3.63, 3.8) is 0 Å². The van der Waals surface area contributed by atoms with Crippen molar-refractivity contribution in [3.05, 3.63) is 53.3 Å². The molecule has 2 heterocycles.